The lowest BCUT2D eigenvalue weighted by molar-refractivity contribution is -0.384. The molecule has 0 spiro atoms. The van der Waals surface area contributed by atoms with Gasteiger partial charge in [-0.2, -0.15) is 4.31 Å². The van der Waals surface area contributed by atoms with Gasteiger partial charge in [0.2, 0.25) is 10.0 Å². The Morgan fingerprint density at radius 2 is 2.14 bits per heavy atom. The van der Waals surface area contributed by atoms with E-state index in [0.29, 0.717) is 24.6 Å². The molecule has 1 aromatic rings. The Morgan fingerprint density at radius 3 is 2.67 bits per heavy atom. The minimum absolute atomic E-state index is 0.0321. The molecule has 0 aromatic heterocycles. The molecule has 21 heavy (non-hydrogen) atoms. The summed E-state index contributed by atoms with van der Waals surface area (Å²) < 4.78 is 26.7. The average molecular weight is 333 g/mol. The maximum absolute atomic E-state index is 12.7. The van der Waals surface area contributed by atoms with Gasteiger partial charge in [0, 0.05) is 19.2 Å². The number of hydrogen-bond acceptors (Lipinski definition) is 4. The van der Waals surface area contributed by atoms with E-state index in [1.807, 2.05) is 6.92 Å². The third-order valence-corrected chi connectivity index (χ3v) is 6.19. The first-order valence-corrected chi connectivity index (χ1v) is 8.53. The van der Waals surface area contributed by atoms with Gasteiger partial charge in [-0.3, -0.25) is 10.1 Å². The van der Waals surface area contributed by atoms with Gasteiger partial charge in [0.1, 0.15) is 5.02 Å². The van der Waals surface area contributed by atoms with Crippen LogP contribution in [0.25, 0.3) is 0 Å². The van der Waals surface area contributed by atoms with Gasteiger partial charge < -0.3 is 0 Å². The molecule has 6 nitrogen and oxygen atoms in total. The van der Waals surface area contributed by atoms with Crippen LogP contribution >= 0.6 is 11.6 Å². The molecule has 116 valence electrons. The minimum Gasteiger partial charge on any atom is -0.258 e. The molecular weight excluding hydrogens is 316 g/mol. The van der Waals surface area contributed by atoms with Crippen LogP contribution in [0.4, 0.5) is 5.69 Å². The van der Waals surface area contributed by atoms with Crippen molar-refractivity contribution >= 4 is 27.3 Å². The molecule has 0 aliphatic carbocycles. The van der Waals surface area contributed by atoms with Crippen molar-refractivity contribution in [3.05, 3.63) is 32.8 Å². The fraction of sp³-hybridized carbons (Fsp3) is 0.538. The molecule has 1 fully saturated rings. The van der Waals surface area contributed by atoms with Crippen LogP contribution in [0.5, 0.6) is 0 Å². The molecule has 0 bridgehead atoms. The summed E-state index contributed by atoms with van der Waals surface area (Å²) in [4.78, 5) is 10.2. The SMILES string of the molecule is CCC1CCN(S(=O)(=O)c2cc([N+](=O)[O-])c(Cl)cc2C)C1. The topological polar surface area (TPSA) is 80.5 Å². The van der Waals surface area contributed by atoms with Gasteiger partial charge in [-0.15, -0.1) is 0 Å². The summed E-state index contributed by atoms with van der Waals surface area (Å²) in [6.07, 6.45) is 1.75. The number of nitro groups is 1. The van der Waals surface area contributed by atoms with Crippen molar-refractivity contribution in [3.8, 4) is 0 Å². The van der Waals surface area contributed by atoms with Crippen LogP contribution in [0.2, 0.25) is 5.02 Å². The highest BCUT2D eigenvalue weighted by molar-refractivity contribution is 7.89. The van der Waals surface area contributed by atoms with Gasteiger partial charge >= 0.3 is 0 Å². The van der Waals surface area contributed by atoms with Crippen molar-refractivity contribution < 1.29 is 13.3 Å². The van der Waals surface area contributed by atoms with Crippen molar-refractivity contribution in [1.29, 1.82) is 0 Å². The molecule has 1 aliphatic rings. The van der Waals surface area contributed by atoms with Gasteiger partial charge in [-0.05, 0) is 30.9 Å². The lowest BCUT2D eigenvalue weighted by Crippen LogP contribution is -2.29. The van der Waals surface area contributed by atoms with Crippen LogP contribution < -0.4 is 0 Å². The second-order valence-corrected chi connectivity index (χ2v) is 7.57. The Kier molecular flexibility index (Phi) is 4.55. The maximum atomic E-state index is 12.7. The van der Waals surface area contributed by atoms with Crippen molar-refractivity contribution in [3.63, 3.8) is 0 Å². The zero-order valence-electron chi connectivity index (χ0n) is 11.9. The van der Waals surface area contributed by atoms with E-state index >= 15 is 0 Å². The molecule has 0 saturated carbocycles. The van der Waals surface area contributed by atoms with Crippen LogP contribution in [-0.4, -0.2) is 30.7 Å². The number of halogens is 1. The summed E-state index contributed by atoms with van der Waals surface area (Å²) in [7, 11) is -3.71. The fourth-order valence-electron chi connectivity index (χ4n) is 2.55. The average Bonchev–Trinajstić information content (AvgIpc) is 2.87. The quantitative estimate of drug-likeness (QED) is 0.627. The van der Waals surface area contributed by atoms with Crippen LogP contribution in [0.1, 0.15) is 25.3 Å². The first kappa shape index (κ1) is 16.2. The summed E-state index contributed by atoms with van der Waals surface area (Å²) in [5.74, 6) is 0.349. The summed E-state index contributed by atoms with van der Waals surface area (Å²) in [6.45, 7) is 4.54. The van der Waals surface area contributed by atoms with Crippen molar-refractivity contribution in [2.45, 2.75) is 31.6 Å². The zero-order valence-corrected chi connectivity index (χ0v) is 13.4. The van der Waals surface area contributed by atoms with E-state index in [1.54, 1.807) is 6.92 Å². The Labute approximate surface area is 128 Å². The second kappa shape index (κ2) is 5.90. The number of aryl methyl sites for hydroxylation is 1. The first-order valence-electron chi connectivity index (χ1n) is 6.72. The number of nitrogens with zero attached hydrogens (tertiary/aromatic N) is 2. The van der Waals surface area contributed by atoms with E-state index in [9.17, 15) is 18.5 Å². The molecule has 0 N–H and O–H groups in total. The normalized spacial score (nSPS) is 19.9. The van der Waals surface area contributed by atoms with E-state index < -0.39 is 14.9 Å². The molecule has 0 amide bonds. The lowest BCUT2D eigenvalue weighted by atomic mass is 10.1. The Morgan fingerprint density at radius 1 is 1.48 bits per heavy atom. The predicted octanol–water partition coefficient (Wildman–Crippen LogP) is 2.98. The Balaban J connectivity index is 2.45. The predicted molar refractivity (Wildman–Crippen MR) is 80.0 cm³/mol. The fourth-order valence-corrected chi connectivity index (χ4v) is 4.59. The number of rotatable bonds is 4. The summed E-state index contributed by atoms with van der Waals surface area (Å²) in [6, 6.07) is 2.40. The summed E-state index contributed by atoms with van der Waals surface area (Å²) in [5, 5.41) is 10.9. The van der Waals surface area contributed by atoms with Crippen molar-refractivity contribution in [2.75, 3.05) is 13.1 Å². The number of sulfonamides is 1. The Hall–Kier alpha value is -1.18. The minimum atomic E-state index is -3.71. The molecule has 1 aromatic carbocycles. The molecule has 1 unspecified atom stereocenters. The maximum Gasteiger partial charge on any atom is 0.289 e. The van der Waals surface area contributed by atoms with E-state index in [0.717, 1.165) is 18.9 Å². The number of nitro benzene ring substituents is 1. The molecule has 1 aliphatic heterocycles. The summed E-state index contributed by atoms with van der Waals surface area (Å²) in [5.41, 5.74) is 0.0395. The monoisotopic (exact) mass is 332 g/mol. The largest absolute Gasteiger partial charge is 0.289 e. The number of hydrogen-bond donors (Lipinski definition) is 0. The van der Waals surface area contributed by atoms with Crippen LogP contribution in [0.3, 0.4) is 0 Å². The van der Waals surface area contributed by atoms with Gasteiger partial charge in [-0.1, -0.05) is 24.9 Å². The van der Waals surface area contributed by atoms with E-state index in [4.69, 9.17) is 11.6 Å². The van der Waals surface area contributed by atoms with Gasteiger partial charge in [0.25, 0.3) is 5.69 Å². The third-order valence-electron chi connectivity index (χ3n) is 3.88. The molecular formula is C13H17ClN2O4S. The molecule has 1 atom stereocenters. The van der Waals surface area contributed by atoms with Gasteiger partial charge in [0.05, 0.1) is 9.82 Å². The van der Waals surface area contributed by atoms with Crippen LogP contribution in [0.15, 0.2) is 17.0 Å². The first-order chi connectivity index (χ1) is 9.77. The van der Waals surface area contributed by atoms with Crippen LogP contribution in [-0.2, 0) is 10.0 Å². The highest BCUT2D eigenvalue weighted by Crippen LogP contribution is 2.33. The van der Waals surface area contributed by atoms with E-state index in [1.165, 1.54) is 10.4 Å². The smallest absolute Gasteiger partial charge is 0.258 e. The van der Waals surface area contributed by atoms with Gasteiger partial charge in [-0.25, -0.2) is 8.42 Å². The third kappa shape index (κ3) is 3.04. The summed E-state index contributed by atoms with van der Waals surface area (Å²) >= 11 is 5.80. The van der Waals surface area contributed by atoms with Gasteiger partial charge in [0.15, 0.2) is 0 Å². The van der Waals surface area contributed by atoms with Crippen molar-refractivity contribution in [1.82, 2.24) is 4.31 Å². The highest BCUT2D eigenvalue weighted by atomic mass is 35.5. The zero-order chi connectivity index (χ0) is 15.8. The Bertz CT molecular complexity index is 675. The van der Waals surface area contributed by atoms with Crippen LogP contribution in [0, 0.1) is 23.0 Å². The van der Waals surface area contributed by atoms with E-state index in [-0.39, 0.29) is 15.6 Å². The lowest BCUT2D eigenvalue weighted by Gasteiger charge is -2.18. The second-order valence-electron chi connectivity index (χ2n) is 5.25. The molecule has 8 heteroatoms. The molecule has 1 heterocycles. The molecule has 0 radical (unpaired) electrons. The van der Waals surface area contributed by atoms with E-state index in [2.05, 4.69) is 0 Å². The molecule has 1 saturated heterocycles. The number of benzene rings is 1. The highest BCUT2D eigenvalue weighted by Gasteiger charge is 2.34. The van der Waals surface area contributed by atoms with Crippen molar-refractivity contribution in [2.24, 2.45) is 5.92 Å². The molecule has 2 rings (SSSR count). The standard InChI is InChI=1S/C13H17ClN2O4S/c1-3-10-4-5-15(8-10)21(19,20)13-7-12(16(17)18)11(14)6-9(13)2/h6-7,10H,3-5,8H2,1-2H3.